The topological polar surface area (TPSA) is 23.6 Å². The van der Waals surface area contributed by atoms with Crippen LogP contribution >= 0.6 is 24.8 Å². The van der Waals surface area contributed by atoms with Gasteiger partial charge < -0.3 is 0 Å². The van der Waals surface area contributed by atoms with Crippen molar-refractivity contribution in [3.05, 3.63) is 106 Å². The first-order chi connectivity index (χ1) is 19.2. The third kappa shape index (κ3) is 9.38. The number of ketones is 1. The van der Waals surface area contributed by atoms with Crippen LogP contribution < -0.4 is 0 Å². The quantitative estimate of drug-likeness (QED) is 0.237. The van der Waals surface area contributed by atoms with E-state index < -0.39 is 0 Å². The van der Waals surface area contributed by atoms with Gasteiger partial charge in [0.1, 0.15) is 5.82 Å². The molecule has 0 amide bonds. The summed E-state index contributed by atoms with van der Waals surface area (Å²) in [6, 6.07) is 22.2. The second-order valence-corrected chi connectivity index (χ2v) is 13.1. The van der Waals surface area contributed by atoms with Gasteiger partial charge in [0.2, 0.25) is 0 Å². The first kappa shape index (κ1) is 34.3. The van der Waals surface area contributed by atoms with Gasteiger partial charge in [-0.3, -0.25) is 14.6 Å². The van der Waals surface area contributed by atoms with E-state index in [0.717, 1.165) is 69.7 Å². The Hall–Kier alpha value is -2.24. The average Bonchev–Trinajstić information content (AvgIpc) is 3.14. The van der Waals surface area contributed by atoms with E-state index in [1.165, 1.54) is 47.2 Å². The number of carbonyl (C=O) groups excluding carboxylic acids is 1. The van der Waals surface area contributed by atoms with E-state index >= 15 is 0 Å². The lowest BCUT2D eigenvalue weighted by atomic mass is 9.86. The molecule has 0 saturated carbocycles. The zero-order valence-electron chi connectivity index (χ0n) is 25.4. The van der Waals surface area contributed by atoms with Crippen LogP contribution in [0.3, 0.4) is 0 Å². The molecule has 0 spiro atoms. The molecule has 0 bridgehead atoms. The molecule has 0 aromatic heterocycles. The van der Waals surface area contributed by atoms with E-state index in [2.05, 4.69) is 67.0 Å². The fourth-order valence-corrected chi connectivity index (χ4v) is 6.29. The van der Waals surface area contributed by atoms with Crippen molar-refractivity contribution < 1.29 is 9.18 Å². The van der Waals surface area contributed by atoms with Gasteiger partial charge in [-0.2, -0.15) is 0 Å². The Morgan fingerprint density at radius 3 is 2.26 bits per heavy atom. The van der Waals surface area contributed by atoms with Gasteiger partial charge in [0.05, 0.1) is 0 Å². The molecule has 3 nitrogen and oxygen atoms in total. The summed E-state index contributed by atoms with van der Waals surface area (Å²) in [6.07, 6.45) is 6.12. The van der Waals surface area contributed by atoms with Gasteiger partial charge in [-0.15, -0.1) is 24.8 Å². The highest BCUT2D eigenvalue weighted by atomic mass is 35.5. The lowest BCUT2D eigenvalue weighted by molar-refractivity contribution is 0.0961. The van der Waals surface area contributed by atoms with Crippen LogP contribution in [0.15, 0.2) is 66.7 Å². The first-order valence-electron chi connectivity index (χ1n) is 15.2. The monoisotopic (exact) mass is 612 g/mol. The molecule has 3 aromatic rings. The van der Waals surface area contributed by atoms with E-state index in [-0.39, 0.29) is 41.8 Å². The van der Waals surface area contributed by atoms with Crippen molar-refractivity contribution in [2.45, 2.75) is 84.3 Å². The van der Waals surface area contributed by atoms with E-state index in [4.69, 9.17) is 0 Å². The number of likely N-dealkylation sites (tertiary alicyclic amines) is 1. The minimum atomic E-state index is -0.194. The average molecular weight is 614 g/mol. The number of rotatable bonds is 8. The van der Waals surface area contributed by atoms with Gasteiger partial charge >= 0.3 is 0 Å². The van der Waals surface area contributed by atoms with Crippen molar-refractivity contribution in [3.63, 3.8) is 0 Å². The molecule has 228 valence electrons. The van der Waals surface area contributed by atoms with Crippen LogP contribution in [-0.4, -0.2) is 35.2 Å². The third-order valence-electron chi connectivity index (χ3n) is 8.85. The SMILES string of the molecule is CC(C)(C)c1cccc(CN2CCC(CCC(=O)c3ccc4c(c3)CN(Cc3ccc(F)cc3)CCC4)CC2)c1.Cl.Cl. The van der Waals surface area contributed by atoms with Crippen LogP contribution in [0.2, 0.25) is 0 Å². The number of nitrogens with zero attached hydrogens (tertiary/aromatic N) is 2. The summed E-state index contributed by atoms with van der Waals surface area (Å²) >= 11 is 0. The van der Waals surface area contributed by atoms with Crippen LogP contribution in [0.1, 0.15) is 91.1 Å². The molecule has 1 fully saturated rings. The van der Waals surface area contributed by atoms with Gasteiger partial charge in [0.15, 0.2) is 5.78 Å². The van der Waals surface area contributed by atoms with Crippen LogP contribution in [0.4, 0.5) is 4.39 Å². The largest absolute Gasteiger partial charge is 0.299 e. The molecule has 0 atom stereocenters. The molecule has 3 aromatic carbocycles. The van der Waals surface area contributed by atoms with Gasteiger partial charge in [-0.1, -0.05) is 69.3 Å². The standard InChI is InChI=1S/C36H45FN2O.2ClH/c1-36(2,3)33-8-4-6-29(22-33)25-38-20-17-27(18-21-38)11-16-35(40)31-13-12-30-7-5-19-39(26-32(30)23-31)24-28-9-14-34(37)15-10-28;;/h4,6,8-10,12-15,22-23,27H,5,7,11,16-21,24-26H2,1-3H3;2*1H. The molecule has 0 radical (unpaired) electrons. The van der Waals surface area contributed by atoms with E-state index in [9.17, 15) is 9.18 Å². The smallest absolute Gasteiger partial charge is 0.162 e. The number of benzene rings is 3. The van der Waals surface area contributed by atoms with Crippen LogP contribution in [0.25, 0.3) is 0 Å². The summed E-state index contributed by atoms with van der Waals surface area (Å²) in [6.45, 7) is 12.7. The van der Waals surface area contributed by atoms with E-state index in [1.54, 1.807) is 0 Å². The van der Waals surface area contributed by atoms with Crippen molar-refractivity contribution in [2.24, 2.45) is 5.92 Å². The number of hydrogen-bond acceptors (Lipinski definition) is 3. The molecule has 2 aliphatic heterocycles. The predicted octanol–water partition coefficient (Wildman–Crippen LogP) is 8.79. The number of aryl methyl sites for hydroxylation is 1. The highest BCUT2D eigenvalue weighted by Gasteiger charge is 2.22. The zero-order valence-corrected chi connectivity index (χ0v) is 27.0. The zero-order chi connectivity index (χ0) is 28.1. The highest BCUT2D eigenvalue weighted by molar-refractivity contribution is 5.96. The first-order valence-corrected chi connectivity index (χ1v) is 15.2. The van der Waals surface area contributed by atoms with Crippen LogP contribution in [0.5, 0.6) is 0 Å². The second-order valence-electron chi connectivity index (χ2n) is 13.1. The molecule has 2 heterocycles. The van der Waals surface area contributed by atoms with Crippen molar-refractivity contribution in [1.29, 1.82) is 0 Å². The van der Waals surface area contributed by atoms with Gasteiger partial charge in [-0.25, -0.2) is 4.39 Å². The Morgan fingerprint density at radius 1 is 0.833 bits per heavy atom. The molecule has 0 N–H and O–H groups in total. The summed E-state index contributed by atoms with van der Waals surface area (Å²) < 4.78 is 13.3. The predicted molar refractivity (Wildman–Crippen MR) is 176 cm³/mol. The van der Waals surface area contributed by atoms with Crippen molar-refractivity contribution in [2.75, 3.05) is 19.6 Å². The molecular weight excluding hydrogens is 566 g/mol. The van der Waals surface area contributed by atoms with Crippen molar-refractivity contribution in [1.82, 2.24) is 9.80 Å². The van der Waals surface area contributed by atoms with Crippen LogP contribution in [-0.2, 0) is 31.5 Å². The number of piperidine rings is 1. The van der Waals surface area contributed by atoms with E-state index in [1.807, 2.05) is 18.2 Å². The maximum absolute atomic E-state index is 13.3. The number of halogens is 3. The molecular formula is C36H47Cl2FN2O. The van der Waals surface area contributed by atoms with Crippen molar-refractivity contribution >= 4 is 30.6 Å². The molecule has 1 saturated heterocycles. The molecule has 42 heavy (non-hydrogen) atoms. The third-order valence-corrected chi connectivity index (χ3v) is 8.85. The fraction of sp³-hybridized carbons (Fsp3) is 0.472. The minimum absolute atomic E-state index is 0. The van der Waals surface area contributed by atoms with E-state index in [0.29, 0.717) is 12.3 Å². The van der Waals surface area contributed by atoms with Gasteiger partial charge in [0, 0.05) is 31.6 Å². The Labute approximate surface area is 264 Å². The van der Waals surface area contributed by atoms with Gasteiger partial charge in [-0.05, 0) is 109 Å². The molecule has 0 aliphatic carbocycles. The maximum atomic E-state index is 13.3. The lowest BCUT2D eigenvalue weighted by Gasteiger charge is -2.32. The number of fused-ring (bicyclic) bond motifs is 1. The molecule has 5 rings (SSSR count). The van der Waals surface area contributed by atoms with Gasteiger partial charge in [0.25, 0.3) is 0 Å². The van der Waals surface area contributed by atoms with Crippen molar-refractivity contribution in [3.8, 4) is 0 Å². The summed E-state index contributed by atoms with van der Waals surface area (Å²) in [7, 11) is 0. The number of hydrogen-bond donors (Lipinski definition) is 0. The maximum Gasteiger partial charge on any atom is 0.162 e. The summed E-state index contributed by atoms with van der Waals surface area (Å²) in [5.74, 6) is 0.715. The second kappa shape index (κ2) is 15.5. The van der Waals surface area contributed by atoms with Crippen LogP contribution in [0, 0.1) is 11.7 Å². The Kier molecular flexibility index (Phi) is 12.6. The fourth-order valence-electron chi connectivity index (χ4n) is 6.29. The number of Topliss-reactive ketones (excluding diaryl/α,β-unsaturated/α-hetero) is 1. The Balaban J connectivity index is 0.00000242. The highest BCUT2D eigenvalue weighted by Crippen LogP contribution is 2.27. The Bertz CT molecular complexity index is 1300. The summed E-state index contributed by atoms with van der Waals surface area (Å²) in [5, 5.41) is 0. The normalized spacial score (nSPS) is 16.6. The molecule has 6 heteroatoms. The molecule has 2 aliphatic rings. The summed E-state index contributed by atoms with van der Waals surface area (Å²) in [4.78, 5) is 18.2. The minimum Gasteiger partial charge on any atom is -0.299 e. The Morgan fingerprint density at radius 2 is 1.55 bits per heavy atom. The lowest BCUT2D eigenvalue weighted by Crippen LogP contribution is -2.33. The molecule has 0 unspecified atom stereocenters. The summed E-state index contributed by atoms with van der Waals surface area (Å²) in [5.41, 5.74) is 7.60. The number of carbonyl (C=O) groups is 1.